The molecule has 1 aliphatic heterocycles. The fourth-order valence-corrected chi connectivity index (χ4v) is 5.03. The maximum Gasteiger partial charge on any atom is 0.354 e. The molecule has 2 aromatic rings. The fourth-order valence-electron chi connectivity index (χ4n) is 3.30. The van der Waals surface area contributed by atoms with Crippen LogP contribution < -0.4 is 5.32 Å². The summed E-state index contributed by atoms with van der Waals surface area (Å²) in [7, 11) is -2.47. The van der Waals surface area contributed by atoms with Crippen molar-refractivity contribution in [1.82, 2.24) is 8.87 Å². The zero-order chi connectivity index (χ0) is 21.2. The molecule has 10 heteroatoms. The SMILES string of the molecule is CCOC(=O)c1cc(S(=O)(=O)N2CCC[C@H]2C(=O)Nc2cccc(F)c2)cn1C. The zero-order valence-corrected chi connectivity index (χ0v) is 16.9. The van der Waals surface area contributed by atoms with Gasteiger partial charge in [-0.25, -0.2) is 17.6 Å². The monoisotopic (exact) mass is 423 g/mol. The smallest absolute Gasteiger partial charge is 0.354 e. The summed E-state index contributed by atoms with van der Waals surface area (Å²) in [5, 5.41) is 2.57. The predicted molar refractivity (Wildman–Crippen MR) is 103 cm³/mol. The molecule has 1 fully saturated rings. The Morgan fingerprint density at radius 3 is 2.76 bits per heavy atom. The van der Waals surface area contributed by atoms with Crippen molar-refractivity contribution in [2.75, 3.05) is 18.5 Å². The molecule has 1 aromatic carbocycles. The van der Waals surface area contributed by atoms with Crippen LogP contribution in [0.15, 0.2) is 41.4 Å². The molecule has 1 N–H and O–H groups in total. The van der Waals surface area contributed by atoms with E-state index in [2.05, 4.69) is 5.32 Å². The number of nitrogens with zero attached hydrogens (tertiary/aromatic N) is 2. The zero-order valence-electron chi connectivity index (χ0n) is 16.1. The molecule has 2 heterocycles. The summed E-state index contributed by atoms with van der Waals surface area (Å²) in [6.45, 7) is 2.00. The van der Waals surface area contributed by atoms with Crippen LogP contribution in [0.4, 0.5) is 10.1 Å². The molecule has 0 bridgehead atoms. The highest BCUT2D eigenvalue weighted by Crippen LogP contribution is 2.28. The predicted octanol–water partition coefficient (Wildman–Crippen LogP) is 2.13. The van der Waals surface area contributed by atoms with E-state index < -0.39 is 33.8 Å². The average molecular weight is 423 g/mol. The summed E-state index contributed by atoms with van der Waals surface area (Å²) in [6, 6.07) is 5.71. The molecule has 0 saturated carbocycles. The number of anilines is 1. The number of hydrogen-bond donors (Lipinski definition) is 1. The van der Waals surface area contributed by atoms with Crippen LogP contribution in [0.1, 0.15) is 30.3 Å². The molecule has 1 aromatic heterocycles. The van der Waals surface area contributed by atoms with Gasteiger partial charge in [-0.2, -0.15) is 4.31 Å². The van der Waals surface area contributed by atoms with E-state index in [1.165, 1.54) is 35.0 Å². The number of halogens is 1. The fraction of sp³-hybridized carbons (Fsp3) is 0.368. The first-order chi connectivity index (χ1) is 13.7. The van der Waals surface area contributed by atoms with Crippen molar-refractivity contribution in [1.29, 1.82) is 0 Å². The van der Waals surface area contributed by atoms with E-state index in [4.69, 9.17) is 4.74 Å². The first-order valence-corrected chi connectivity index (χ1v) is 10.6. The summed E-state index contributed by atoms with van der Waals surface area (Å²) in [5.74, 6) is -1.66. The van der Waals surface area contributed by atoms with Gasteiger partial charge in [0.2, 0.25) is 15.9 Å². The van der Waals surface area contributed by atoms with Gasteiger partial charge in [0, 0.05) is 25.5 Å². The quantitative estimate of drug-likeness (QED) is 0.718. The molecule has 29 heavy (non-hydrogen) atoms. The molecule has 1 atom stereocenters. The van der Waals surface area contributed by atoms with Gasteiger partial charge in [-0.05, 0) is 44.0 Å². The normalized spacial score (nSPS) is 17.3. The minimum Gasteiger partial charge on any atom is -0.461 e. The lowest BCUT2D eigenvalue weighted by Crippen LogP contribution is -2.43. The van der Waals surface area contributed by atoms with E-state index in [1.54, 1.807) is 14.0 Å². The Hall–Kier alpha value is -2.72. The lowest BCUT2D eigenvalue weighted by Gasteiger charge is -2.22. The maximum atomic E-state index is 13.3. The van der Waals surface area contributed by atoms with Gasteiger partial charge in [0.15, 0.2) is 0 Å². The van der Waals surface area contributed by atoms with Gasteiger partial charge >= 0.3 is 5.97 Å². The molecule has 156 valence electrons. The number of aromatic nitrogens is 1. The van der Waals surface area contributed by atoms with Crippen molar-refractivity contribution < 1.29 is 27.1 Å². The van der Waals surface area contributed by atoms with Crippen LogP contribution in [0, 0.1) is 5.82 Å². The molecule has 0 unspecified atom stereocenters. The molecular weight excluding hydrogens is 401 g/mol. The number of rotatable bonds is 6. The number of carbonyl (C=O) groups is 2. The number of nitrogens with one attached hydrogen (secondary N) is 1. The highest BCUT2D eigenvalue weighted by Gasteiger charge is 2.40. The van der Waals surface area contributed by atoms with Crippen LogP contribution in [-0.2, 0) is 26.6 Å². The van der Waals surface area contributed by atoms with Crippen molar-refractivity contribution in [3.05, 3.63) is 48.0 Å². The molecular formula is C19H22FN3O5S. The van der Waals surface area contributed by atoms with Crippen LogP contribution in [0.2, 0.25) is 0 Å². The molecule has 1 amide bonds. The summed E-state index contributed by atoms with van der Waals surface area (Å²) in [5.41, 5.74) is 0.356. The Balaban J connectivity index is 1.83. The van der Waals surface area contributed by atoms with Crippen LogP contribution >= 0.6 is 0 Å². The lowest BCUT2D eigenvalue weighted by atomic mass is 10.2. The third-order valence-electron chi connectivity index (χ3n) is 4.67. The van der Waals surface area contributed by atoms with Crippen LogP contribution in [0.5, 0.6) is 0 Å². The number of benzene rings is 1. The Morgan fingerprint density at radius 2 is 2.07 bits per heavy atom. The molecule has 0 spiro atoms. The third-order valence-corrected chi connectivity index (χ3v) is 6.54. The minimum absolute atomic E-state index is 0.0893. The number of hydrogen-bond acceptors (Lipinski definition) is 5. The second kappa shape index (κ2) is 8.34. The maximum absolute atomic E-state index is 13.3. The van der Waals surface area contributed by atoms with E-state index in [0.717, 1.165) is 10.4 Å². The van der Waals surface area contributed by atoms with Gasteiger partial charge in [-0.15, -0.1) is 0 Å². The Labute approximate surface area is 168 Å². The van der Waals surface area contributed by atoms with Gasteiger partial charge < -0.3 is 14.6 Å². The second-order valence-corrected chi connectivity index (χ2v) is 8.56. The minimum atomic E-state index is -4.01. The first-order valence-electron chi connectivity index (χ1n) is 9.15. The van der Waals surface area contributed by atoms with Crippen LogP contribution in [-0.4, -0.2) is 48.4 Å². The van der Waals surface area contributed by atoms with E-state index >= 15 is 0 Å². The van der Waals surface area contributed by atoms with E-state index in [1.807, 2.05) is 0 Å². The van der Waals surface area contributed by atoms with Crippen molar-refractivity contribution in [3.8, 4) is 0 Å². The highest BCUT2D eigenvalue weighted by molar-refractivity contribution is 7.89. The van der Waals surface area contributed by atoms with Crippen molar-refractivity contribution in [2.45, 2.75) is 30.7 Å². The van der Waals surface area contributed by atoms with Gasteiger partial charge in [0.1, 0.15) is 22.4 Å². The van der Waals surface area contributed by atoms with Gasteiger partial charge in [0.05, 0.1) is 6.61 Å². The summed E-state index contributed by atoms with van der Waals surface area (Å²) in [4.78, 5) is 24.6. The average Bonchev–Trinajstić information content (AvgIpc) is 3.29. The number of carbonyl (C=O) groups excluding carboxylic acids is 2. The Bertz CT molecular complexity index is 1030. The van der Waals surface area contributed by atoms with Crippen LogP contribution in [0.3, 0.4) is 0 Å². The highest BCUT2D eigenvalue weighted by atomic mass is 32.2. The standard InChI is InChI=1S/C19H22FN3O5S/c1-3-28-19(25)17-11-15(12-22(17)2)29(26,27)23-9-5-8-16(23)18(24)21-14-7-4-6-13(20)10-14/h4,6-7,10-12,16H,3,5,8-9H2,1-2H3,(H,21,24)/t16-/m0/s1. The number of amides is 1. The lowest BCUT2D eigenvalue weighted by molar-refractivity contribution is -0.119. The van der Waals surface area contributed by atoms with E-state index in [9.17, 15) is 22.4 Å². The number of sulfonamides is 1. The molecule has 1 saturated heterocycles. The number of esters is 1. The van der Waals surface area contributed by atoms with Crippen LogP contribution in [0.25, 0.3) is 0 Å². The summed E-state index contributed by atoms with van der Waals surface area (Å²) in [6.07, 6.45) is 2.18. The Kier molecular flexibility index (Phi) is 6.04. The summed E-state index contributed by atoms with van der Waals surface area (Å²) >= 11 is 0. The van der Waals surface area contributed by atoms with Crippen molar-refractivity contribution >= 4 is 27.6 Å². The molecule has 8 nitrogen and oxygen atoms in total. The molecule has 0 aliphatic carbocycles. The van der Waals surface area contributed by atoms with Crippen molar-refractivity contribution in [3.63, 3.8) is 0 Å². The van der Waals surface area contributed by atoms with Gasteiger partial charge in [-0.3, -0.25) is 4.79 Å². The third kappa shape index (κ3) is 4.33. The Morgan fingerprint density at radius 1 is 1.31 bits per heavy atom. The summed E-state index contributed by atoms with van der Waals surface area (Å²) < 4.78 is 47.0. The number of ether oxygens (including phenoxy) is 1. The van der Waals surface area contributed by atoms with Gasteiger partial charge in [0.25, 0.3) is 0 Å². The topological polar surface area (TPSA) is 97.7 Å². The van der Waals surface area contributed by atoms with Gasteiger partial charge in [-0.1, -0.05) is 6.07 Å². The second-order valence-electron chi connectivity index (χ2n) is 6.67. The van der Waals surface area contributed by atoms with Crippen molar-refractivity contribution in [2.24, 2.45) is 7.05 Å². The molecule has 1 aliphatic rings. The molecule has 3 rings (SSSR count). The van der Waals surface area contributed by atoms with E-state index in [-0.39, 0.29) is 29.4 Å². The largest absolute Gasteiger partial charge is 0.461 e. The first kappa shape index (κ1) is 21.0. The van der Waals surface area contributed by atoms with E-state index in [0.29, 0.717) is 12.8 Å². The molecule has 0 radical (unpaired) electrons. The number of aryl methyl sites for hydroxylation is 1.